The summed E-state index contributed by atoms with van der Waals surface area (Å²) in [5.74, 6) is -0.549. The van der Waals surface area contributed by atoms with Gasteiger partial charge in [-0.2, -0.15) is 31.3 Å². The largest absolute Gasteiger partial charge is 0.433 e. The number of hydrogen-bond acceptors (Lipinski definition) is 5. The van der Waals surface area contributed by atoms with E-state index in [9.17, 15) is 26.3 Å². The fourth-order valence-electron chi connectivity index (χ4n) is 2.30. The molecule has 0 atom stereocenters. The first kappa shape index (κ1) is 23.2. The van der Waals surface area contributed by atoms with Crippen LogP contribution < -0.4 is 10.6 Å². The molecular weight excluding hydrogens is 468 g/mol. The predicted octanol–water partition coefficient (Wildman–Crippen LogP) is 5.38. The van der Waals surface area contributed by atoms with Crippen molar-refractivity contribution in [1.82, 2.24) is 14.9 Å². The summed E-state index contributed by atoms with van der Waals surface area (Å²) in [6.45, 7) is 1.03. The van der Waals surface area contributed by atoms with Crippen LogP contribution in [0.2, 0.25) is 0 Å². The van der Waals surface area contributed by atoms with Gasteiger partial charge in [-0.1, -0.05) is 15.9 Å². The summed E-state index contributed by atoms with van der Waals surface area (Å²) in [6, 6.07) is 3.86. The van der Waals surface area contributed by atoms with Crippen LogP contribution in [-0.4, -0.2) is 42.1 Å². The molecule has 1 aromatic carbocycles. The fourth-order valence-corrected chi connectivity index (χ4v) is 2.77. The second-order valence-corrected chi connectivity index (χ2v) is 7.22. The molecule has 0 amide bonds. The molecule has 0 fully saturated rings. The molecular formula is C17H18BrF6N5. The molecule has 0 aliphatic carbocycles. The lowest BCUT2D eigenvalue weighted by molar-refractivity contribution is -0.141. The molecule has 5 nitrogen and oxygen atoms in total. The number of alkyl halides is 6. The van der Waals surface area contributed by atoms with Crippen LogP contribution in [0.4, 0.5) is 43.8 Å². The Kier molecular flexibility index (Phi) is 7.33. The van der Waals surface area contributed by atoms with E-state index < -0.39 is 23.6 Å². The maximum absolute atomic E-state index is 13.1. The third-order valence-electron chi connectivity index (χ3n) is 3.63. The fraction of sp³-hybridized carbons (Fsp3) is 0.412. The van der Waals surface area contributed by atoms with E-state index in [0.29, 0.717) is 25.6 Å². The van der Waals surface area contributed by atoms with Crippen molar-refractivity contribution in [2.45, 2.75) is 18.8 Å². The lowest BCUT2D eigenvalue weighted by Gasteiger charge is -2.15. The van der Waals surface area contributed by atoms with Crippen molar-refractivity contribution in [2.75, 3.05) is 37.8 Å². The van der Waals surface area contributed by atoms with Crippen molar-refractivity contribution in [3.63, 3.8) is 0 Å². The summed E-state index contributed by atoms with van der Waals surface area (Å²) in [4.78, 5) is 9.29. The molecule has 0 unspecified atom stereocenters. The van der Waals surface area contributed by atoms with Gasteiger partial charge >= 0.3 is 12.4 Å². The van der Waals surface area contributed by atoms with Gasteiger partial charge in [0.15, 0.2) is 5.69 Å². The van der Waals surface area contributed by atoms with Crippen LogP contribution in [0.5, 0.6) is 0 Å². The molecule has 0 saturated heterocycles. The number of hydrogen-bond donors (Lipinski definition) is 2. The van der Waals surface area contributed by atoms with Gasteiger partial charge in [-0.05, 0) is 45.3 Å². The van der Waals surface area contributed by atoms with E-state index >= 15 is 0 Å². The van der Waals surface area contributed by atoms with Crippen LogP contribution in [0.15, 0.2) is 28.7 Å². The average molecular weight is 486 g/mol. The molecule has 2 N–H and O–H groups in total. The highest BCUT2D eigenvalue weighted by atomic mass is 79.9. The van der Waals surface area contributed by atoms with E-state index in [0.717, 1.165) is 12.1 Å². The summed E-state index contributed by atoms with van der Waals surface area (Å²) in [6.07, 6.45) is -8.73. The van der Waals surface area contributed by atoms with Crippen LogP contribution >= 0.6 is 15.9 Å². The summed E-state index contributed by atoms with van der Waals surface area (Å²) >= 11 is 2.81. The van der Waals surface area contributed by atoms with Crippen LogP contribution in [0.25, 0.3) is 0 Å². The Morgan fingerprint density at radius 3 is 2.28 bits per heavy atom. The number of rotatable bonds is 7. The molecule has 0 aliphatic heterocycles. The lowest BCUT2D eigenvalue weighted by Crippen LogP contribution is -2.18. The molecule has 12 heteroatoms. The second kappa shape index (κ2) is 9.16. The van der Waals surface area contributed by atoms with E-state index in [-0.39, 0.29) is 21.9 Å². The molecule has 0 saturated carbocycles. The normalized spacial score (nSPS) is 12.3. The zero-order valence-corrected chi connectivity index (χ0v) is 17.0. The van der Waals surface area contributed by atoms with Crippen LogP contribution in [0.1, 0.15) is 17.7 Å². The topological polar surface area (TPSA) is 53.1 Å². The second-order valence-electron chi connectivity index (χ2n) is 6.36. The quantitative estimate of drug-likeness (QED) is 0.407. The van der Waals surface area contributed by atoms with Gasteiger partial charge in [0.1, 0.15) is 5.82 Å². The van der Waals surface area contributed by atoms with Gasteiger partial charge < -0.3 is 15.5 Å². The number of anilines is 3. The Bertz CT molecular complexity index is 838. The molecule has 29 heavy (non-hydrogen) atoms. The molecule has 2 aromatic rings. The van der Waals surface area contributed by atoms with Crippen molar-refractivity contribution in [3.05, 3.63) is 40.0 Å². The maximum atomic E-state index is 13.1. The Labute approximate surface area is 171 Å². The number of halogens is 7. The highest BCUT2D eigenvalue weighted by molar-refractivity contribution is 9.10. The van der Waals surface area contributed by atoms with E-state index in [1.54, 1.807) is 0 Å². The van der Waals surface area contributed by atoms with Gasteiger partial charge in [0.05, 0.1) is 5.56 Å². The summed E-state index contributed by atoms with van der Waals surface area (Å²) in [5, 5.41) is 5.19. The molecule has 0 bridgehead atoms. The lowest BCUT2D eigenvalue weighted by atomic mass is 10.2. The minimum atomic E-state index is -4.74. The predicted molar refractivity (Wildman–Crippen MR) is 101 cm³/mol. The monoisotopic (exact) mass is 485 g/mol. The summed E-state index contributed by atoms with van der Waals surface area (Å²) in [5.41, 5.74) is -2.24. The van der Waals surface area contributed by atoms with Gasteiger partial charge in [0.2, 0.25) is 5.95 Å². The molecule has 0 radical (unpaired) electrons. The average Bonchev–Trinajstić information content (AvgIpc) is 2.58. The zero-order chi connectivity index (χ0) is 21.8. The molecule has 1 aromatic heterocycles. The van der Waals surface area contributed by atoms with E-state index in [4.69, 9.17) is 0 Å². The van der Waals surface area contributed by atoms with E-state index in [2.05, 4.69) is 36.5 Å². The highest BCUT2D eigenvalue weighted by Crippen LogP contribution is 2.37. The minimum absolute atomic E-state index is 0.0640. The van der Waals surface area contributed by atoms with Gasteiger partial charge in [-0.15, -0.1) is 0 Å². The molecule has 160 valence electrons. The SMILES string of the molecule is CN(C)CCCNc1nc(Nc2ccc(Br)c(C(F)(F)F)c2)cc(C(F)(F)F)n1. The Morgan fingerprint density at radius 1 is 1.00 bits per heavy atom. The van der Waals surface area contributed by atoms with Crippen molar-refractivity contribution >= 4 is 33.4 Å². The van der Waals surface area contributed by atoms with Crippen LogP contribution in [-0.2, 0) is 12.4 Å². The number of aromatic nitrogens is 2. The molecule has 0 aliphatic rings. The third kappa shape index (κ3) is 7.03. The molecule has 1 heterocycles. The third-order valence-corrected chi connectivity index (χ3v) is 4.32. The first-order valence-corrected chi connectivity index (χ1v) is 9.14. The maximum Gasteiger partial charge on any atom is 0.433 e. The van der Waals surface area contributed by atoms with Crippen molar-refractivity contribution < 1.29 is 26.3 Å². The Morgan fingerprint density at radius 2 is 1.69 bits per heavy atom. The van der Waals surface area contributed by atoms with E-state index in [1.807, 2.05) is 19.0 Å². The summed E-state index contributed by atoms with van der Waals surface area (Å²) < 4.78 is 78.4. The van der Waals surface area contributed by atoms with Crippen LogP contribution in [0, 0.1) is 0 Å². The van der Waals surface area contributed by atoms with Gasteiger partial charge in [0.25, 0.3) is 0 Å². The first-order valence-electron chi connectivity index (χ1n) is 8.35. The standard InChI is InChI=1S/C17H18BrF6N5/c1-29(2)7-3-6-25-15-27-13(17(22,23)24)9-14(28-15)26-10-4-5-12(18)11(8-10)16(19,20)21/h4-5,8-9H,3,6-7H2,1-2H3,(H2,25,26,27,28). The van der Waals surface area contributed by atoms with Gasteiger partial charge in [0, 0.05) is 22.8 Å². The van der Waals surface area contributed by atoms with Crippen LogP contribution in [0.3, 0.4) is 0 Å². The first-order chi connectivity index (χ1) is 13.4. The number of nitrogens with one attached hydrogen (secondary N) is 2. The van der Waals surface area contributed by atoms with Crippen molar-refractivity contribution in [1.29, 1.82) is 0 Å². The number of nitrogens with zero attached hydrogens (tertiary/aromatic N) is 3. The number of benzene rings is 1. The van der Waals surface area contributed by atoms with Gasteiger partial charge in [-0.3, -0.25) is 0 Å². The van der Waals surface area contributed by atoms with E-state index in [1.165, 1.54) is 6.07 Å². The van der Waals surface area contributed by atoms with Crippen molar-refractivity contribution in [2.24, 2.45) is 0 Å². The van der Waals surface area contributed by atoms with Crippen molar-refractivity contribution in [3.8, 4) is 0 Å². The smallest absolute Gasteiger partial charge is 0.354 e. The zero-order valence-electron chi connectivity index (χ0n) is 15.4. The Balaban J connectivity index is 2.28. The molecule has 2 rings (SSSR count). The Hall–Kier alpha value is -2.08. The van der Waals surface area contributed by atoms with Gasteiger partial charge in [-0.25, -0.2) is 4.98 Å². The minimum Gasteiger partial charge on any atom is -0.354 e. The summed E-state index contributed by atoms with van der Waals surface area (Å²) in [7, 11) is 3.71. The molecule has 0 spiro atoms. The highest BCUT2D eigenvalue weighted by Gasteiger charge is 2.35.